The Hall–Kier alpha value is -5.41. The fourth-order valence-electron chi connectivity index (χ4n) is 7.48. The van der Waals surface area contributed by atoms with Crippen LogP contribution in [-0.2, 0) is 0 Å². The smallest absolute Gasteiger partial charge is 0.198 e. The van der Waals surface area contributed by atoms with Crippen LogP contribution in [0.2, 0.25) is 0 Å². The number of thiol groups is 3. The van der Waals surface area contributed by atoms with Gasteiger partial charge in [-0.3, -0.25) is 0 Å². The first-order valence-corrected chi connectivity index (χ1v) is 21.6. The Morgan fingerprint density at radius 1 is 0.477 bits per heavy atom. The summed E-state index contributed by atoms with van der Waals surface area (Å²) in [6.45, 7) is 5.82. The molecule has 0 aliphatic heterocycles. The molecular formula is C45H18F14OS5. The van der Waals surface area contributed by atoms with Crippen molar-refractivity contribution in [2.75, 3.05) is 0 Å². The predicted molar refractivity (Wildman–Crippen MR) is 236 cm³/mol. The van der Waals surface area contributed by atoms with Crippen LogP contribution >= 0.6 is 58.6 Å². The number of thiophene rings is 2. The highest BCUT2D eigenvalue weighted by Gasteiger charge is 2.33. The minimum Gasteiger partial charge on any atom is -0.455 e. The summed E-state index contributed by atoms with van der Waals surface area (Å²) in [4.78, 5) is 0.995. The molecule has 1 nitrogen and oxygen atoms in total. The van der Waals surface area contributed by atoms with Gasteiger partial charge < -0.3 is 4.42 Å². The summed E-state index contributed by atoms with van der Waals surface area (Å²) in [6.07, 6.45) is 0. The fraction of sp³-hybridized carbons (Fsp3) is 0.0222. The van der Waals surface area contributed by atoms with E-state index in [-0.39, 0.29) is 55.7 Å². The number of benzene rings is 7. The molecular weight excluding hydrogens is 983 g/mol. The van der Waals surface area contributed by atoms with Crippen molar-refractivity contribution in [2.24, 2.45) is 0 Å². The van der Waals surface area contributed by atoms with E-state index in [1.165, 1.54) is 12.1 Å². The number of furan rings is 1. The second-order valence-corrected chi connectivity index (χ2v) is 16.5. The quantitative estimate of drug-likeness (QED) is 0.0527. The molecule has 0 saturated carbocycles. The van der Waals surface area contributed by atoms with Crippen LogP contribution in [0.3, 0.4) is 0 Å². The van der Waals surface area contributed by atoms with E-state index in [0.717, 1.165) is 40.3 Å². The Morgan fingerprint density at radius 2 is 0.923 bits per heavy atom. The zero-order chi connectivity index (χ0) is 47.2. The van der Waals surface area contributed by atoms with Gasteiger partial charge in [-0.1, -0.05) is 49.0 Å². The van der Waals surface area contributed by atoms with E-state index in [9.17, 15) is 35.1 Å². The molecule has 0 spiro atoms. The van der Waals surface area contributed by atoms with Gasteiger partial charge in [0.1, 0.15) is 11.2 Å². The summed E-state index contributed by atoms with van der Waals surface area (Å²) in [6, 6.07) is 15.0. The first-order chi connectivity index (χ1) is 30.9. The van der Waals surface area contributed by atoms with Crippen molar-refractivity contribution < 1.29 is 65.9 Å². The molecule has 0 unspecified atom stereocenters. The molecule has 0 amide bonds. The maximum atomic E-state index is 15.7. The van der Waals surface area contributed by atoms with Gasteiger partial charge in [-0.25, -0.2) is 61.5 Å². The molecule has 332 valence electrons. The second kappa shape index (κ2) is 17.1. The summed E-state index contributed by atoms with van der Waals surface area (Å²) >= 11 is 10.9. The van der Waals surface area contributed by atoms with Crippen molar-refractivity contribution in [1.29, 1.82) is 0 Å². The number of halogens is 14. The van der Waals surface area contributed by atoms with Crippen molar-refractivity contribution in [3.63, 3.8) is 0 Å². The van der Waals surface area contributed by atoms with Gasteiger partial charge in [0.05, 0.1) is 9.40 Å². The molecule has 0 fully saturated rings. The third kappa shape index (κ3) is 6.93. The summed E-state index contributed by atoms with van der Waals surface area (Å²) < 4.78 is 210. The largest absolute Gasteiger partial charge is 0.455 e. The normalized spacial score (nSPS) is 11.6. The lowest BCUT2D eigenvalue weighted by molar-refractivity contribution is 0.418. The molecule has 10 rings (SSSR count). The number of hydrogen-bond acceptors (Lipinski definition) is 6. The van der Waals surface area contributed by atoms with E-state index >= 15 is 26.3 Å². The highest BCUT2D eigenvalue weighted by Crippen LogP contribution is 2.50. The Morgan fingerprint density at radius 3 is 1.42 bits per heavy atom. The van der Waals surface area contributed by atoms with E-state index in [4.69, 9.17) is 4.42 Å². The van der Waals surface area contributed by atoms with Gasteiger partial charge in [0.25, 0.3) is 0 Å². The Bertz CT molecular complexity index is 3690. The molecule has 0 aliphatic carbocycles. The monoisotopic (exact) mass is 1000 g/mol. The summed E-state index contributed by atoms with van der Waals surface area (Å²) in [7, 11) is 0. The topological polar surface area (TPSA) is 13.1 Å². The van der Waals surface area contributed by atoms with E-state index in [1.54, 1.807) is 0 Å². The first-order valence-electron chi connectivity index (χ1n) is 18.0. The SMILES string of the molecule is C=C(C)c1ccccc1S.Fc1c(F)c(F)c2c(sc3c(-c4ccc5oc6c(-c7c(F)c(F)c(F)c8c7sc7c(F)c(F)c(F)c(F)c78)cccc6c5c4)c(F)c(F)c(F)c32)c1F.SS. The lowest BCUT2D eigenvalue weighted by Gasteiger charge is -2.09. The van der Waals surface area contributed by atoms with Crippen LogP contribution in [0.4, 0.5) is 61.5 Å². The number of fused-ring (bicyclic) bond motifs is 9. The van der Waals surface area contributed by atoms with Gasteiger partial charge in [0, 0.05) is 63.3 Å². The van der Waals surface area contributed by atoms with E-state index in [1.807, 2.05) is 31.2 Å². The molecule has 7 aromatic carbocycles. The summed E-state index contributed by atoms with van der Waals surface area (Å²) in [5.41, 5.74) is -0.450. The van der Waals surface area contributed by atoms with E-state index in [2.05, 4.69) is 42.5 Å². The van der Waals surface area contributed by atoms with Crippen molar-refractivity contribution >= 4 is 126 Å². The molecule has 65 heavy (non-hydrogen) atoms. The Balaban J connectivity index is 0.000000422. The molecule has 0 aliphatic rings. The Labute approximate surface area is 378 Å². The Kier molecular flexibility index (Phi) is 12.1. The lowest BCUT2D eigenvalue weighted by Crippen LogP contribution is -1.98. The lowest BCUT2D eigenvalue weighted by atomic mass is 9.97. The standard InChI is InChI=1S/C36H6F14OS2.C9H10S.H2S2/c37-18-12(33-14(20(39)24(18)43)16-22(41)26(45)28(47)30(49)35(16)52-33)7-4-5-11-10(6-7)8-2-1-3-9(32(8)51-11)13-19(38)25(44)21(40)15-17-23(42)27(46)29(48)31(50)36(17)53-34(13)15;1-7(2)8-5-3-4-6-9(8)10;1-2/h1-6H;3-6,10H,1H2,2H3;1-2H. The van der Waals surface area contributed by atoms with Crippen LogP contribution in [0.1, 0.15) is 12.5 Å². The van der Waals surface area contributed by atoms with E-state index < -0.39 is 133 Å². The van der Waals surface area contributed by atoms with Crippen molar-refractivity contribution in [3.8, 4) is 22.3 Å². The van der Waals surface area contributed by atoms with Crippen molar-refractivity contribution in [2.45, 2.75) is 11.8 Å². The fourth-order valence-corrected chi connectivity index (χ4v) is 10.4. The minimum absolute atomic E-state index is 0.0176. The van der Waals surface area contributed by atoms with Crippen LogP contribution < -0.4 is 0 Å². The van der Waals surface area contributed by atoms with Crippen molar-refractivity contribution in [3.05, 3.63) is 154 Å². The van der Waals surface area contributed by atoms with Crippen LogP contribution in [0.5, 0.6) is 0 Å². The molecule has 20 heteroatoms. The predicted octanol–water partition coefficient (Wildman–Crippen LogP) is 17.4. The van der Waals surface area contributed by atoms with E-state index in [0.29, 0.717) is 0 Å². The summed E-state index contributed by atoms with van der Waals surface area (Å²) in [5, 5.41) is -4.51. The highest BCUT2D eigenvalue weighted by atomic mass is 33.1. The average Bonchev–Trinajstić information content (AvgIpc) is 4.01. The molecule has 0 radical (unpaired) electrons. The van der Waals surface area contributed by atoms with Gasteiger partial charge in [0.2, 0.25) is 0 Å². The number of para-hydroxylation sites is 1. The minimum atomic E-state index is -2.32. The molecule has 3 aromatic heterocycles. The molecule has 0 N–H and O–H groups in total. The third-order valence-corrected chi connectivity index (χ3v) is 13.1. The molecule has 0 atom stereocenters. The first kappa shape index (κ1) is 46.1. The van der Waals surface area contributed by atoms with Crippen LogP contribution in [0, 0.1) is 81.4 Å². The van der Waals surface area contributed by atoms with Gasteiger partial charge in [0.15, 0.2) is 81.4 Å². The van der Waals surface area contributed by atoms with Crippen LogP contribution in [-0.4, -0.2) is 0 Å². The van der Waals surface area contributed by atoms with Gasteiger partial charge in [-0.15, -0.1) is 58.6 Å². The molecule has 3 heterocycles. The van der Waals surface area contributed by atoms with Gasteiger partial charge >= 0.3 is 0 Å². The van der Waals surface area contributed by atoms with Crippen LogP contribution in [0.25, 0.3) is 90.1 Å². The second-order valence-electron chi connectivity index (χ2n) is 14.0. The zero-order valence-electron chi connectivity index (χ0n) is 31.8. The number of allylic oxidation sites excluding steroid dienone is 1. The number of rotatable bonds is 3. The van der Waals surface area contributed by atoms with Gasteiger partial charge in [-0.05, 0) is 41.8 Å². The molecule has 0 bridgehead atoms. The summed E-state index contributed by atoms with van der Waals surface area (Å²) in [5.74, 6) is -29.2. The third-order valence-electron chi connectivity index (χ3n) is 10.3. The zero-order valence-corrected chi connectivity index (χ0v) is 36.2. The molecule has 0 saturated heterocycles. The van der Waals surface area contributed by atoms with Gasteiger partial charge in [-0.2, -0.15) is 0 Å². The number of hydrogen-bond donors (Lipinski definition) is 3. The molecule has 10 aromatic rings. The van der Waals surface area contributed by atoms with Crippen LogP contribution in [0.15, 0.2) is 76.6 Å². The maximum Gasteiger partial charge on any atom is 0.198 e. The van der Waals surface area contributed by atoms with Crippen molar-refractivity contribution in [1.82, 2.24) is 0 Å². The highest BCUT2D eigenvalue weighted by molar-refractivity contribution is 8.59. The maximum absolute atomic E-state index is 15.7. The average molecular weight is 1000 g/mol.